The summed E-state index contributed by atoms with van der Waals surface area (Å²) in [6.45, 7) is 0. The number of carbonyl (C=O) groups excluding carboxylic acids is 1. The molecule has 0 aliphatic heterocycles. The summed E-state index contributed by atoms with van der Waals surface area (Å²) in [7, 11) is 3.18. The van der Waals surface area contributed by atoms with Gasteiger partial charge >= 0.3 is 0 Å². The molecule has 0 radical (unpaired) electrons. The van der Waals surface area contributed by atoms with Gasteiger partial charge in [-0.1, -0.05) is 23.9 Å². The summed E-state index contributed by atoms with van der Waals surface area (Å²) in [6.07, 6.45) is 1.60. The van der Waals surface area contributed by atoms with Crippen LogP contribution in [-0.2, 0) is 4.79 Å². The number of hydrogen-bond donors (Lipinski definition) is 3. The highest BCUT2D eigenvalue weighted by Gasteiger charge is 2.12. The molecule has 0 unspecified atom stereocenters. The number of benzene rings is 2. The zero-order valence-corrected chi connectivity index (χ0v) is 17.2. The molecule has 2 aromatic carbocycles. The van der Waals surface area contributed by atoms with Crippen LogP contribution >= 0.6 is 11.8 Å². The van der Waals surface area contributed by atoms with Crippen LogP contribution in [0.4, 0.5) is 11.6 Å². The summed E-state index contributed by atoms with van der Waals surface area (Å²) in [5, 5.41) is 15.2. The zero-order chi connectivity index (χ0) is 21.3. The lowest BCUT2D eigenvalue weighted by molar-refractivity contribution is -0.113. The van der Waals surface area contributed by atoms with E-state index in [2.05, 4.69) is 26.0 Å². The molecule has 0 spiro atoms. The van der Waals surface area contributed by atoms with Crippen molar-refractivity contribution < 1.29 is 14.3 Å². The van der Waals surface area contributed by atoms with Crippen LogP contribution in [0.3, 0.4) is 0 Å². The van der Waals surface area contributed by atoms with Gasteiger partial charge in [-0.05, 0) is 42.0 Å². The number of anilines is 2. The van der Waals surface area contributed by atoms with Crippen LogP contribution < -0.4 is 26.1 Å². The molecule has 0 atom stereocenters. The number of nitrogen functional groups attached to an aromatic ring is 1. The molecule has 4 N–H and O–H groups in total. The monoisotopic (exact) mass is 427 g/mol. The number of methoxy groups -OCH3 is 2. The molecule has 1 heterocycles. The fourth-order valence-corrected chi connectivity index (χ4v) is 3.00. The summed E-state index contributed by atoms with van der Waals surface area (Å²) < 4.78 is 11.5. The van der Waals surface area contributed by atoms with Gasteiger partial charge in [0, 0.05) is 5.69 Å². The van der Waals surface area contributed by atoms with Crippen LogP contribution in [-0.4, -0.2) is 47.0 Å². The summed E-state index contributed by atoms with van der Waals surface area (Å²) in [5.41, 5.74) is 4.24. The zero-order valence-electron chi connectivity index (χ0n) is 16.4. The molecule has 0 saturated heterocycles. The third-order valence-corrected chi connectivity index (χ3v) is 4.79. The highest BCUT2D eigenvalue weighted by atomic mass is 32.2. The van der Waals surface area contributed by atoms with Crippen LogP contribution in [0.2, 0.25) is 0 Å². The van der Waals surface area contributed by atoms with E-state index in [9.17, 15) is 4.79 Å². The van der Waals surface area contributed by atoms with Crippen LogP contribution in [0.1, 0.15) is 5.56 Å². The van der Waals surface area contributed by atoms with Gasteiger partial charge in [0.15, 0.2) is 0 Å². The highest BCUT2D eigenvalue weighted by Crippen LogP contribution is 2.19. The number of amides is 1. The number of rotatable bonds is 9. The molecule has 11 heteroatoms. The maximum absolute atomic E-state index is 12.1. The van der Waals surface area contributed by atoms with Crippen LogP contribution in [0.15, 0.2) is 58.8 Å². The Morgan fingerprint density at radius 2 is 1.93 bits per heavy atom. The fraction of sp³-hybridized carbons (Fsp3) is 0.158. The normalized spacial score (nSPS) is 10.7. The first-order chi connectivity index (χ1) is 14.6. The number of hydrogen-bond acceptors (Lipinski definition) is 9. The molecule has 3 aromatic rings. The van der Waals surface area contributed by atoms with Crippen molar-refractivity contribution in [3.63, 3.8) is 0 Å². The Kier molecular flexibility index (Phi) is 7.11. The minimum Gasteiger partial charge on any atom is -0.497 e. The minimum absolute atomic E-state index is 0.119. The van der Waals surface area contributed by atoms with Crippen molar-refractivity contribution in [2.45, 2.75) is 5.16 Å². The average molecular weight is 427 g/mol. The summed E-state index contributed by atoms with van der Waals surface area (Å²) in [4.78, 5) is 12.1. The summed E-state index contributed by atoms with van der Waals surface area (Å²) >= 11 is 1.16. The van der Waals surface area contributed by atoms with E-state index in [-0.39, 0.29) is 17.6 Å². The number of aromatic nitrogens is 3. The quantitative estimate of drug-likeness (QED) is 0.205. The van der Waals surface area contributed by atoms with E-state index in [4.69, 9.17) is 15.3 Å². The van der Waals surface area contributed by atoms with E-state index >= 15 is 0 Å². The first-order valence-electron chi connectivity index (χ1n) is 8.79. The molecule has 156 valence electrons. The number of nitrogens with two attached hydrogens (primary N) is 1. The van der Waals surface area contributed by atoms with Gasteiger partial charge in [0.05, 0.1) is 26.2 Å². The van der Waals surface area contributed by atoms with Gasteiger partial charge in [0.2, 0.25) is 11.1 Å². The topological polar surface area (TPSA) is 129 Å². The number of nitrogens with one attached hydrogen (secondary N) is 2. The van der Waals surface area contributed by atoms with Crippen LogP contribution in [0.25, 0.3) is 0 Å². The maximum atomic E-state index is 12.1. The van der Waals surface area contributed by atoms with E-state index in [1.54, 1.807) is 44.7 Å². The van der Waals surface area contributed by atoms with E-state index < -0.39 is 0 Å². The lowest BCUT2D eigenvalue weighted by atomic mass is 10.2. The molecule has 0 aliphatic carbocycles. The molecular weight excluding hydrogens is 406 g/mol. The van der Waals surface area contributed by atoms with E-state index in [0.29, 0.717) is 16.6 Å². The lowest BCUT2D eigenvalue weighted by Crippen LogP contribution is -2.16. The smallest absolute Gasteiger partial charge is 0.264 e. The molecule has 0 saturated carbocycles. The molecule has 30 heavy (non-hydrogen) atoms. The van der Waals surface area contributed by atoms with Crippen molar-refractivity contribution in [2.75, 3.05) is 36.6 Å². The molecule has 0 bridgehead atoms. The highest BCUT2D eigenvalue weighted by molar-refractivity contribution is 7.99. The van der Waals surface area contributed by atoms with Gasteiger partial charge in [-0.25, -0.2) is 10.1 Å². The van der Waals surface area contributed by atoms with Crippen molar-refractivity contribution >= 4 is 35.5 Å². The first kappa shape index (κ1) is 21.0. The largest absolute Gasteiger partial charge is 0.497 e. The Balaban J connectivity index is 1.51. The van der Waals surface area contributed by atoms with Gasteiger partial charge in [-0.2, -0.15) is 5.10 Å². The van der Waals surface area contributed by atoms with Gasteiger partial charge < -0.3 is 20.6 Å². The standard InChI is InChI=1S/C19H21N7O3S/c1-28-15-8-6-14(7-9-15)22-17(27)12-30-19-25-24-18(26(19)20)23-21-11-13-4-3-5-16(10-13)29-2/h3-11H,12,20H2,1-2H3,(H,22,27)(H,23,24)/b21-11+. The molecule has 1 amide bonds. The summed E-state index contributed by atoms with van der Waals surface area (Å²) in [6, 6.07) is 14.5. The molecule has 3 rings (SSSR count). The second-order valence-electron chi connectivity index (χ2n) is 5.89. The van der Waals surface area contributed by atoms with Crippen molar-refractivity contribution in [1.82, 2.24) is 14.9 Å². The predicted molar refractivity (Wildman–Crippen MR) is 117 cm³/mol. The molecule has 0 fully saturated rings. The predicted octanol–water partition coefficient (Wildman–Crippen LogP) is 2.19. The Morgan fingerprint density at radius 1 is 1.17 bits per heavy atom. The van der Waals surface area contributed by atoms with Gasteiger partial charge in [0.25, 0.3) is 5.95 Å². The maximum Gasteiger partial charge on any atom is 0.264 e. The Hall–Kier alpha value is -3.73. The first-order valence-corrected chi connectivity index (χ1v) is 9.78. The van der Waals surface area contributed by atoms with Gasteiger partial charge in [-0.15, -0.1) is 10.2 Å². The van der Waals surface area contributed by atoms with E-state index in [1.807, 2.05) is 24.3 Å². The second kappa shape index (κ2) is 10.2. The van der Waals surface area contributed by atoms with Crippen LogP contribution in [0, 0.1) is 0 Å². The van der Waals surface area contributed by atoms with Crippen LogP contribution in [0.5, 0.6) is 11.5 Å². The third-order valence-electron chi connectivity index (χ3n) is 3.84. The van der Waals surface area contributed by atoms with Crippen molar-refractivity contribution in [3.8, 4) is 11.5 Å². The molecular formula is C19H21N7O3S. The Labute approximate surface area is 177 Å². The van der Waals surface area contributed by atoms with E-state index in [1.165, 1.54) is 4.68 Å². The SMILES string of the molecule is COc1ccc(NC(=O)CSc2nnc(N/N=C/c3cccc(OC)c3)n2N)cc1. The van der Waals surface area contributed by atoms with Crippen molar-refractivity contribution in [3.05, 3.63) is 54.1 Å². The average Bonchev–Trinajstić information content (AvgIpc) is 3.12. The summed E-state index contributed by atoms with van der Waals surface area (Å²) in [5.74, 6) is 7.58. The van der Waals surface area contributed by atoms with Crippen molar-refractivity contribution in [1.29, 1.82) is 0 Å². The second-order valence-corrected chi connectivity index (χ2v) is 6.83. The molecule has 1 aromatic heterocycles. The lowest BCUT2D eigenvalue weighted by Gasteiger charge is -2.06. The van der Waals surface area contributed by atoms with Crippen molar-refractivity contribution in [2.24, 2.45) is 5.10 Å². The number of thioether (sulfide) groups is 1. The number of ether oxygens (including phenoxy) is 2. The minimum atomic E-state index is -0.196. The Bertz CT molecular complexity index is 1020. The van der Waals surface area contributed by atoms with Gasteiger partial charge in [-0.3, -0.25) is 4.79 Å². The third kappa shape index (κ3) is 5.64. The van der Waals surface area contributed by atoms with E-state index in [0.717, 1.165) is 23.1 Å². The van der Waals surface area contributed by atoms with Gasteiger partial charge in [0.1, 0.15) is 11.5 Å². The molecule has 0 aliphatic rings. The fourth-order valence-electron chi connectivity index (χ4n) is 2.34. The number of hydrazone groups is 1. The molecule has 10 nitrogen and oxygen atoms in total. The number of carbonyl (C=O) groups is 1. The number of nitrogens with zero attached hydrogens (tertiary/aromatic N) is 4. The Morgan fingerprint density at radius 3 is 2.67 bits per heavy atom.